The molecule has 0 bridgehead atoms. The number of ether oxygens (including phenoxy) is 5. The number of amides is 1. The Balaban J connectivity index is 1.47. The summed E-state index contributed by atoms with van der Waals surface area (Å²) >= 11 is 0. The Morgan fingerprint density at radius 1 is 1.24 bits per heavy atom. The van der Waals surface area contributed by atoms with Gasteiger partial charge in [0.2, 0.25) is 0 Å². The van der Waals surface area contributed by atoms with Crippen LogP contribution in [0.5, 0.6) is 0 Å². The maximum absolute atomic E-state index is 12.9. The lowest BCUT2D eigenvalue weighted by atomic mass is 9.68. The van der Waals surface area contributed by atoms with E-state index in [-0.39, 0.29) is 17.6 Å². The molecule has 1 spiro atoms. The summed E-state index contributed by atoms with van der Waals surface area (Å²) in [5.74, 6) is -0.642. The van der Waals surface area contributed by atoms with E-state index in [4.69, 9.17) is 23.7 Å². The van der Waals surface area contributed by atoms with E-state index in [9.17, 15) is 9.59 Å². The monoisotopic (exact) mass is 473 g/mol. The van der Waals surface area contributed by atoms with Crippen molar-refractivity contribution in [1.29, 1.82) is 0 Å². The number of epoxide rings is 2. The van der Waals surface area contributed by atoms with Crippen molar-refractivity contribution in [1.82, 2.24) is 5.32 Å². The van der Waals surface area contributed by atoms with Crippen LogP contribution in [-0.2, 0) is 28.5 Å². The normalized spacial score (nSPS) is 34.6. The van der Waals surface area contributed by atoms with Crippen LogP contribution < -0.4 is 5.32 Å². The Kier molecular flexibility index (Phi) is 7.03. The number of hydrogen-bond acceptors (Lipinski definition) is 7. The topological polar surface area (TPSA) is 98.9 Å². The Morgan fingerprint density at radius 3 is 2.53 bits per heavy atom. The first-order chi connectivity index (χ1) is 16.2. The van der Waals surface area contributed by atoms with Crippen molar-refractivity contribution in [2.24, 2.45) is 5.92 Å². The molecule has 8 nitrogen and oxygen atoms in total. The molecular formula is C26H35NO7. The van der Waals surface area contributed by atoms with E-state index in [0.29, 0.717) is 18.6 Å². The number of carbonyl (C=O) groups is 2. The van der Waals surface area contributed by atoms with Gasteiger partial charge >= 0.3 is 12.1 Å². The van der Waals surface area contributed by atoms with Crippen molar-refractivity contribution in [3.63, 3.8) is 0 Å². The summed E-state index contributed by atoms with van der Waals surface area (Å²) in [6.07, 6.45) is 2.85. The van der Waals surface area contributed by atoms with E-state index in [2.05, 4.69) is 32.2 Å². The molecule has 2 unspecified atom stereocenters. The summed E-state index contributed by atoms with van der Waals surface area (Å²) < 4.78 is 28.8. The molecule has 0 radical (unpaired) electrons. The van der Waals surface area contributed by atoms with Crippen LogP contribution in [0.25, 0.3) is 0 Å². The molecule has 3 aliphatic rings. The van der Waals surface area contributed by atoms with Crippen molar-refractivity contribution >= 4 is 12.1 Å². The summed E-state index contributed by atoms with van der Waals surface area (Å²) in [6.45, 7) is 6.90. The first kappa shape index (κ1) is 24.7. The van der Waals surface area contributed by atoms with Crippen LogP contribution in [0, 0.1) is 5.92 Å². The van der Waals surface area contributed by atoms with E-state index < -0.39 is 35.9 Å². The predicted molar refractivity (Wildman–Crippen MR) is 124 cm³/mol. The van der Waals surface area contributed by atoms with Crippen LogP contribution in [0.15, 0.2) is 42.0 Å². The third-order valence-corrected chi connectivity index (χ3v) is 7.33. The number of esters is 1. The van der Waals surface area contributed by atoms with Gasteiger partial charge in [-0.15, -0.1) is 0 Å². The molecule has 34 heavy (non-hydrogen) atoms. The van der Waals surface area contributed by atoms with Crippen molar-refractivity contribution < 1.29 is 33.3 Å². The van der Waals surface area contributed by atoms with Crippen molar-refractivity contribution in [2.45, 2.75) is 75.6 Å². The van der Waals surface area contributed by atoms with Crippen LogP contribution >= 0.6 is 0 Å². The molecule has 1 saturated carbocycles. The minimum atomic E-state index is -0.963. The molecule has 8 heteroatoms. The van der Waals surface area contributed by atoms with Gasteiger partial charge in [0, 0.05) is 7.11 Å². The molecule has 1 aromatic rings. The number of nitrogens with one attached hydrogen (secondary N) is 1. The Bertz CT molecular complexity index is 924. The number of hydrogen-bond donors (Lipinski definition) is 1. The molecule has 1 amide bonds. The SMILES string of the molecule is COC(=O)C(NC(=O)O[C@@H]1CCC2(CO2)[C@@H]([C@@]2(C)O[C@@H]2CC=C(C)C)[C@@H]1OC)c1ccccc1. The highest BCUT2D eigenvalue weighted by atomic mass is 16.6. The van der Waals surface area contributed by atoms with E-state index in [0.717, 1.165) is 12.8 Å². The lowest BCUT2D eigenvalue weighted by molar-refractivity contribution is -0.143. The van der Waals surface area contributed by atoms with Gasteiger partial charge in [0.05, 0.1) is 25.7 Å². The number of alkyl carbamates (subject to hydrolysis) is 1. The minimum Gasteiger partial charge on any atom is -0.467 e. The fourth-order valence-electron chi connectivity index (χ4n) is 5.40. The first-order valence-electron chi connectivity index (χ1n) is 11.8. The molecule has 1 aliphatic carbocycles. The van der Waals surface area contributed by atoms with Crippen molar-refractivity contribution in [3.05, 3.63) is 47.5 Å². The van der Waals surface area contributed by atoms with Gasteiger partial charge in [0.15, 0.2) is 6.04 Å². The van der Waals surface area contributed by atoms with Crippen molar-refractivity contribution in [2.75, 3.05) is 20.8 Å². The second kappa shape index (κ2) is 9.68. The zero-order valence-corrected chi connectivity index (χ0v) is 20.5. The summed E-state index contributed by atoms with van der Waals surface area (Å²) in [5.41, 5.74) is 1.14. The average Bonchev–Trinajstić information content (AvgIpc) is 3.74. The highest BCUT2D eigenvalue weighted by Crippen LogP contribution is 2.59. The van der Waals surface area contributed by atoms with Crippen LogP contribution in [0.2, 0.25) is 0 Å². The fraction of sp³-hybridized carbons (Fsp3) is 0.615. The molecule has 3 fully saturated rings. The van der Waals surface area contributed by atoms with E-state index in [1.165, 1.54) is 12.7 Å². The van der Waals surface area contributed by atoms with E-state index in [1.807, 2.05) is 6.07 Å². The molecule has 186 valence electrons. The lowest BCUT2D eigenvalue weighted by Crippen LogP contribution is -2.56. The molecular weight excluding hydrogens is 438 g/mol. The number of carbonyl (C=O) groups excluding carboxylic acids is 2. The van der Waals surface area contributed by atoms with Gasteiger partial charge in [-0.3, -0.25) is 0 Å². The number of allylic oxidation sites excluding steroid dienone is 1. The largest absolute Gasteiger partial charge is 0.467 e. The number of rotatable bonds is 8. The number of methoxy groups -OCH3 is 2. The summed E-state index contributed by atoms with van der Waals surface area (Å²) in [6, 6.07) is 7.97. The first-order valence-corrected chi connectivity index (χ1v) is 11.8. The number of benzene rings is 1. The van der Waals surface area contributed by atoms with Gasteiger partial charge in [0.1, 0.15) is 23.4 Å². The van der Waals surface area contributed by atoms with Crippen LogP contribution in [0.1, 0.15) is 51.6 Å². The highest BCUT2D eigenvalue weighted by Gasteiger charge is 2.72. The van der Waals surface area contributed by atoms with Crippen LogP contribution in [0.3, 0.4) is 0 Å². The zero-order valence-electron chi connectivity index (χ0n) is 20.5. The molecule has 0 aromatic heterocycles. The van der Waals surface area contributed by atoms with E-state index >= 15 is 0 Å². The van der Waals surface area contributed by atoms with Crippen molar-refractivity contribution in [3.8, 4) is 0 Å². The van der Waals surface area contributed by atoms with Gasteiger partial charge < -0.3 is 29.0 Å². The smallest absolute Gasteiger partial charge is 0.408 e. The summed E-state index contributed by atoms with van der Waals surface area (Å²) in [5, 5.41) is 2.66. The summed E-state index contributed by atoms with van der Waals surface area (Å²) in [4.78, 5) is 25.2. The third kappa shape index (κ3) is 4.85. The second-order valence-corrected chi connectivity index (χ2v) is 9.83. The van der Waals surface area contributed by atoms with Gasteiger partial charge in [-0.1, -0.05) is 42.0 Å². The standard InChI is InChI=1S/C26H35NO7/c1-16(2)11-12-19-25(3,34-19)22-21(30-4)18(13-14-26(22)15-32-26)33-24(29)27-20(23(28)31-5)17-9-7-6-8-10-17/h6-11,18-22H,12-15H2,1-5H3,(H,27,29)/t18-,19-,20?,21-,22-,25+,26?/m1/s1. The summed E-state index contributed by atoms with van der Waals surface area (Å²) in [7, 11) is 2.92. The van der Waals surface area contributed by atoms with Crippen LogP contribution in [0.4, 0.5) is 4.79 Å². The molecule has 2 aliphatic heterocycles. The minimum absolute atomic E-state index is 0.0699. The van der Waals surface area contributed by atoms with Gasteiger partial charge in [-0.2, -0.15) is 0 Å². The third-order valence-electron chi connectivity index (χ3n) is 7.33. The Hall–Kier alpha value is -2.42. The van der Waals surface area contributed by atoms with Gasteiger partial charge in [-0.25, -0.2) is 9.59 Å². The zero-order chi connectivity index (χ0) is 24.5. The molecule has 4 rings (SSSR count). The average molecular weight is 474 g/mol. The predicted octanol–water partition coefficient (Wildman–Crippen LogP) is 3.70. The quantitative estimate of drug-likeness (QED) is 0.349. The molecule has 1 aromatic carbocycles. The molecule has 2 saturated heterocycles. The van der Waals surface area contributed by atoms with E-state index in [1.54, 1.807) is 31.4 Å². The Labute approximate surface area is 200 Å². The maximum atomic E-state index is 12.9. The maximum Gasteiger partial charge on any atom is 0.408 e. The van der Waals surface area contributed by atoms with Gasteiger partial charge in [0.25, 0.3) is 0 Å². The fourth-order valence-corrected chi connectivity index (χ4v) is 5.40. The Morgan fingerprint density at radius 2 is 1.94 bits per heavy atom. The molecule has 1 N–H and O–H groups in total. The van der Waals surface area contributed by atoms with Crippen LogP contribution in [-0.4, -0.2) is 62.4 Å². The van der Waals surface area contributed by atoms with Gasteiger partial charge in [-0.05, 0) is 45.6 Å². The highest BCUT2D eigenvalue weighted by molar-refractivity contribution is 5.82. The molecule has 7 atom stereocenters. The second-order valence-electron chi connectivity index (χ2n) is 9.83. The molecule has 2 heterocycles. The lowest BCUT2D eigenvalue weighted by Gasteiger charge is -2.42.